The molecule has 1 aromatic carbocycles. The first-order valence-corrected chi connectivity index (χ1v) is 8.27. The zero-order valence-electron chi connectivity index (χ0n) is 15.3. The van der Waals surface area contributed by atoms with Gasteiger partial charge in [0.05, 0.1) is 11.6 Å². The number of hydrogen-bond acceptors (Lipinski definition) is 6. The van der Waals surface area contributed by atoms with Crippen LogP contribution in [0.15, 0.2) is 12.1 Å². The number of benzene rings is 1. The summed E-state index contributed by atoms with van der Waals surface area (Å²) >= 11 is 0. The highest BCUT2D eigenvalue weighted by Crippen LogP contribution is 2.29. The van der Waals surface area contributed by atoms with Crippen molar-refractivity contribution in [2.45, 2.75) is 45.9 Å². The normalized spacial score (nSPS) is 14.3. The summed E-state index contributed by atoms with van der Waals surface area (Å²) in [5, 5.41) is 14.3. The van der Waals surface area contributed by atoms with Crippen LogP contribution in [0.25, 0.3) is 0 Å². The topological polar surface area (TPSA) is 114 Å². The summed E-state index contributed by atoms with van der Waals surface area (Å²) in [6, 6.07) is 2.65. The summed E-state index contributed by atoms with van der Waals surface area (Å²) in [5.74, 6) is -0.978. The molecule has 0 aromatic heterocycles. The Kier molecular flexibility index (Phi) is 5.86. The quantitative estimate of drug-likeness (QED) is 0.680. The number of ether oxygens (including phenoxy) is 2. The van der Waals surface area contributed by atoms with E-state index in [9.17, 15) is 14.4 Å². The molecule has 0 spiro atoms. The van der Waals surface area contributed by atoms with Crippen molar-refractivity contribution in [1.82, 2.24) is 10.6 Å². The third kappa shape index (κ3) is 4.72. The summed E-state index contributed by atoms with van der Waals surface area (Å²) in [4.78, 5) is 35.2. The van der Waals surface area contributed by atoms with Crippen molar-refractivity contribution in [2.75, 3.05) is 13.2 Å². The molecule has 0 bridgehead atoms. The van der Waals surface area contributed by atoms with Gasteiger partial charge in [0.25, 0.3) is 0 Å². The molecular weight excluding hydrogens is 340 g/mol. The van der Waals surface area contributed by atoms with E-state index in [1.165, 1.54) is 0 Å². The minimum absolute atomic E-state index is 0.123. The highest BCUT2D eigenvalue weighted by molar-refractivity contribution is 5.94. The molecule has 0 saturated carbocycles. The van der Waals surface area contributed by atoms with E-state index in [1.807, 2.05) is 27.7 Å². The third-order valence-corrected chi connectivity index (χ3v) is 3.92. The van der Waals surface area contributed by atoms with Crippen molar-refractivity contribution in [1.29, 1.82) is 0 Å². The standard InChI is InChI=1S/C18H24N2O6/c1-10-11(5-6-12-13(10)8-25-16(12)23)14(19-15(22)7-21)9-26-17(24)20-18(2,3)4/h5-6,14,21H,7-9H2,1-4H3,(H,19,22)(H,20,24)/t14-/m0/s1. The Bertz CT molecular complexity index is 723. The van der Waals surface area contributed by atoms with Gasteiger partial charge in [0.1, 0.15) is 19.8 Å². The Morgan fingerprint density at radius 2 is 2.04 bits per heavy atom. The molecule has 8 nitrogen and oxygen atoms in total. The maximum Gasteiger partial charge on any atom is 0.407 e. The highest BCUT2D eigenvalue weighted by atomic mass is 16.5. The molecule has 1 aromatic rings. The van der Waals surface area contributed by atoms with Crippen molar-refractivity contribution < 1.29 is 29.0 Å². The van der Waals surface area contributed by atoms with Crippen LogP contribution in [-0.4, -0.2) is 41.8 Å². The lowest BCUT2D eigenvalue weighted by atomic mass is 9.94. The number of amides is 2. The maximum atomic E-state index is 11.9. The second-order valence-corrected chi connectivity index (χ2v) is 7.13. The van der Waals surface area contributed by atoms with Gasteiger partial charge in [-0.1, -0.05) is 6.07 Å². The summed E-state index contributed by atoms with van der Waals surface area (Å²) < 4.78 is 10.3. The van der Waals surface area contributed by atoms with Crippen molar-refractivity contribution in [2.24, 2.45) is 0 Å². The molecule has 26 heavy (non-hydrogen) atoms. The van der Waals surface area contributed by atoms with Gasteiger partial charge in [-0.05, 0) is 44.9 Å². The number of carbonyl (C=O) groups excluding carboxylic acids is 3. The number of nitrogens with one attached hydrogen (secondary N) is 2. The number of aliphatic hydroxyl groups is 1. The molecule has 0 unspecified atom stereocenters. The lowest BCUT2D eigenvalue weighted by molar-refractivity contribution is -0.124. The molecule has 2 amide bonds. The fourth-order valence-corrected chi connectivity index (χ4v) is 2.70. The van der Waals surface area contributed by atoms with Crippen LogP contribution in [0, 0.1) is 6.92 Å². The number of cyclic esters (lactones) is 1. The van der Waals surface area contributed by atoms with E-state index in [-0.39, 0.29) is 19.2 Å². The van der Waals surface area contributed by atoms with Gasteiger partial charge in [-0.2, -0.15) is 0 Å². The lowest BCUT2D eigenvalue weighted by Crippen LogP contribution is -2.42. The third-order valence-electron chi connectivity index (χ3n) is 3.92. The van der Waals surface area contributed by atoms with Crippen LogP contribution in [0.5, 0.6) is 0 Å². The minimum Gasteiger partial charge on any atom is -0.457 e. The largest absolute Gasteiger partial charge is 0.457 e. The molecule has 142 valence electrons. The van der Waals surface area contributed by atoms with Crippen molar-refractivity contribution in [3.63, 3.8) is 0 Å². The fourth-order valence-electron chi connectivity index (χ4n) is 2.70. The Morgan fingerprint density at radius 3 is 2.65 bits per heavy atom. The highest BCUT2D eigenvalue weighted by Gasteiger charge is 2.27. The van der Waals surface area contributed by atoms with Gasteiger partial charge in [0.15, 0.2) is 0 Å². The molecule has 8 heteroatoms. The molecule has 1 atom stereocenters. The van der Waals surface area contributed by atoms with Gasteiger partial charge in [0.2, 0.25) is 5.91 Å². The summed E-state index contributed by atoms with van der Waals surface area (Å²) in [5.41, 5.74) is 2.24. The number of carbonyl (C=O) groups is 3. The van der Waals surface area contributed by atoms with Gasteiger partial charge >= 0.3 is 12.1 Å². The van der Waals surface area contributed by atoms with Crippen LogP contribution in [0.3, 0.4) is 0 Å². The maximum absolute atomic E-state index is 11.9. The molecular formula is C18H24N2O6. The Morgan fingerprint density at radius 1 is 1.35 bits per heavy atom. The zero-order chi connectivity index (χ0) is 19.5. The van der Waals surface area contributed by atoms with Gasteiger partial charge in [0, 0.05) is 11.1 Å². The average Bonchev–Trinajstić information content (AvgIpc) is 2.92. The van der Waals surface area contributed by atoms with E-state index in [0.29, 0.717) is 11.1 Å². The summed E-state index contributed by atoms with van der Waals surface area (Å²) in [6.45, 7) is 6.63. The number of hydrogen-bond donors (Lipinski definition) is 3. The molecule has 1 heterocycles. The first kappa shape index (κ1) is 19.7. The fraction of sp³-hybridized carbons (Fsp3) is 0.500. The molecule has 3 N–H and O–H groups in total. The van der Waals surface area contributed by atoms with Crippen LogP contribution < -0.4 is 10.6 Å². The molecule has 0 aliphatic carbocycles. The monoisotopic (exact) mass is 364 g/mol. The van der Waals surface area contributed by atoms with Crippen molar-refractivity contribution in [3.8, 4) is 0 Å². The molecule has 1 aliphatic rings. The van der Waals surface area contributed by atoms with Crippen LogP contribution in [-0.2, 0) is 20.9 Å². The lowest BCUT2D eigenvalue weighted by Gasteiger charge is -2.24. The van der Waals surface area contributed by atoms with Crippen LogP contribution in [0.4, 0.5) is 4.79 Å². The Balaban J connectivity index is 2.21. The van der Waals surface area contributed by atoms with Gasteiger partial charge in [-0.15, -0.1) is 0 Å². The molecule has 0 saturated heterocycles. The van der Waals surface area contributed by atoms with E-state index in [1.54, 1.807) is 12.1 Å². The average molecular weight is 364 g/mol. The van der Waals surface area contributed by atoms with Gasteiger partial charge in [-0.25, -0.2) is 9.59 Å². The first-order valence-electron chi connectivity index (χ1n) is 8.27. The predicted octanol–water partition coefficient (Wildman–Crippen LogP) is 1.34. The second-order valence-electron chi connectivity index (χ2n) is 7.13. The van der Waals surface area contributed by atoms with E-state index >= 15 is 0 Å². The van der Waals surface area contributed by atoms with E-state index in [2.05, 4.69) is 10.6 Å². The minimum atomic E-state index is -0.684. The number of alkyl carbamates (subject to hydrolysis) is 1. The van der Waals surface area contributed by atoms with Crippen molar-refractivity contribution >= 4 is 18.0 Å². The number of fused-ring (bicyclic) bond motifs is 1. The molecule has 1 aliphatic heterocycles. The molecule has 0 radical (unpaired) electrons. The number of aliphatic hydroxyl groups excluding tert-OH is 1. The van der Waals surface area contributed by atoms with Crippen LogP contribution >= 0.6 is 0 Å². The Hall–Kier alpha value is -2.61. The Labute approximate surface area is 151 Å². The molecule has 2 rings (SSSR count). The smallest absolute Gasteiger partial charge is 0.407 e. The van der Waals surface area contributed by atoms with E-state index in [4.69, 9.17) is 14.6 Å². The van der Waals surface area contributed by atoms with Crippen LogP contribution in [0.2, 0.25) is 0 Å². The number of rotatable bonds is 5. The van der Waals surface area contributed by atoms with Gasteiger partial charge in [-0.3, -0.25) is 4.79 Å². The predicted molar refractivity (Wildman–Crippen MR) is 92.5 cm³/mol. The van der Waals surface area contributed by atoms with E-state index < -0.39 is 30.2 Å². The van der Waals surface area contributed by atoms with E-state index in [0.717, 1.165) is 11.1 Å². The summed E-state index contributed by atoms with van der Waals surface area (Å²) in [6.07, 6.45) is -0.613. The number of esters is 1. The van der Waals surface area contributed by atoms with Gasteiger partial charge < -0.3 is 25.2 Å². The van der Waals surface area contributed by atoms with Crippen LogP contribution in [0.1, 0.15) is 53.9 Å². The first-order chi connectivity index (χ1) is 12.1. The SMILES string of the molecule is Cc1c([C@H](COC(=O)NC(C)(C)C)NC(=O)CO)ccc2c1COC2=O. The van der Waals surface area contributed by atoms with Crippen molar-refractivity contribution in [3.05, 3.63) is 34.4 Å². The molecule has 0 fully saturated rings. The summed E-state index contributed by atoms with van der Waals surface area (Å²) in [7, 11) is 0. The zero-order valence-corrected chi connectivity index (χ0v) is 15.3. The second kappa shape index (κ2) is 7.74.